The first-order valence-electron chi connectivity index (χ1n) is 4.69. The first kappa shape index (κ1) is 21.4. The van der Waals surface area contributed by atoms with Crippen LogP contribution in [-0.2, 0) is 26.2 Å². The van der Waals surface area contributed by atoms with Crippen molar-refractivity contribution < 1.29 is 26.2 Å². The third kappa shape index (κ3) is 3.84. The third-order valence-corrected chi connectivity index (χ3v) is 6.39. The molecule has 0 fully saturated rings. The van der Waals surface area contributed by atoms with Gasteiger partial charge in [0.2, 0.25) is 0 Å². The molecule has 0 heterocycles. The van der Waals surface area contributed by atoms with Crippen LogP contribution in [0.1, 0.15) is 27.7 Å². The van der Waals surface area contributed by atoms with E-state index in [1.54, 1.807) is 5.57 Å². The van der Waals surface area contributed by atoms with Crippen LogP contribution in [0.25, 0.3) is 0 Å². The summed E-state index contributed by atoms with van der Waals surface area (Å²) < 4.78 is 0. The van der Waals surface area contributed by atoms with Crippen molar-refractivity contribution in [1.82, 2.24) is 0 Å². The topological polar surface area (TPSA) is 0 Å². The summed E-state index contributed by atoms with van der Waals surface area (Å²) in [4.78, 5) is 0. The van der Waals surface area contributed by atoms with E-state index in [1.165, 1.54) is 11.1 Å². The molecule has 4 heteroatoms. The minimum atomic E-state index is -0.663. The van der Waals surface area contributed by atoms with E-state index in [0.717, 1.165) is 0 Å². The van der Waals surface area contributed by atoms with Gasteiger partial charge in [-0.1, -0.05) is 38.9 Å². The van der Waals surface area contributed by atoms with Crippen molar-refractivity contribution >= 4 is 33.6 Å². The summed E-state index contributed by atoms with van der Waals surface area (Å²) in [5, 5.41) is 0.328. The second-order valence-electron chi connectivity index (χ2n) is 4.36. The first-order chi connectivity index (χ1) is 5.39. The Kier molecular flexibility index (Phi) is 10.7. The summed E-state index contributed by atoms with van der Waals surface area (Å²) in [7, 11) is -0.663. The molecule has 0 aromatic carbocycles. The zero-order chi connectivity index (χ0) is 9.52. The predicted molar refractivity (Wildman–Crippen MR) is 72.5 cm³/mol. The van der Waals surface area contributed by atoms with E-state index in [9.17, 15) is 0 Å². The SMILES string of the molecule is CC1=[C-]C(C)([SiH](C)C)C(C)=C1C.Cl.Cl.[Zr]. The Hall–Kier alpha value is 1.16. The third-order valence-electron chi connectivity index (χ3n) is 3.51. The van der Waals surface area contributed by atoms with Crippen molar-refractivity contribution in [2.24, 2.45) is 0 Å². The number of hydrogen-bond donors (Lipinski definition) is 0. The molecular weight excluding hydrogens is 322 g/mol. The molecule has 0 aliphatic heterocycles. The Morgan fingerprint density at radius 3 is 1.60 bits per heavy atom. The molecule has 0 nitrogen and oxygen atoms in total. The standard InChI is InChI=1S/C11H19Si.2ClH.Zr/c1-8-7-11(4,12(5)6)10(3)9(8)2;;;/h12H,1-6H3;2*1H;/q-1;;;. The fourth-order valence-corrected chi connectivity index (χ4v) is 3.41. The van der Waals surface area contributed by atoms with E-state index < -0.39 is 8.80 Å². The monoisotopic (exact) mass is 341 g/mol. The van der Waals surface area contributed by atoms with Gasteiger partial charge in [-0.15, -0.1) is 31.7 Å². The zero-order valence-corrected chi connectivity index (χ0v) is 15.6. The normalized spacial score (nSPS) is 24.1. The van der Waals surface area contributed by atoms with Gasteiger partial charge in [0, 0.05) is 35.0 Å². The summed E-state index contributed by atoms with van der Waals surface area (Å²) >= 11 is 0. The van der Waals surface area contributed by atoms with Gasteiger partial charge in [0.05, 0.1) is 0 Å². The van der Waals surface area contributed by atoms with Crippen molar-refractivity contribution in [3.05, 3.63) is 22.8 Å². The van der Waals surface area contributed by atoms with Crippen molar-refractivity contribution in [2.75, 3.05) is 0 Å². The maximum absolute atomic E-state index is 3.63. The number of rotatable bonds is 1. The van der Waals surface area contributed by atoms with E-state index in [1.807, 2.05) is 0 Å². The molecule has 0 aromatic rings. The van der Waals surface area contributed by atoms with Crippen LogP contribution in [0.3, 0.4) is 0 Å². The molecule has 0 N–H and O–H groups in total. The molecule has 1 atom stereocenters. The average molecular weight is 344 g/mol. The molecule has 1 aliphatic rings. The van der Waals surface area contributed by atoms with E-state index in [0.29, 0.717) is 5.04 Å². The van der Waals surface area contributed by atoms with Gasteiger partial charge in [0.1, 0.15) is 0 Å². The van der Waals surface area contributed by atoms with Crippen LogP contribution in [0.2, 0.25) is 18.1 Å². The van der Waals surface area contributed by atoms with Gasteiger partial charge >= 0.3 is 0 Å². The van der Waals surface area contributed by atoms with E-state index in [-0.39, 0.29) is 51.0 Å². The first-order valence-corrected chi connectivity index (χ1v) is 7.58. The van der Waals surface area contributed by atoms with E-state index in [2.05, 4.69) is 46.9 Å². The van der Waals surface area contributed by atoms with Crippen LogP contribution in [0, 0.1) is 6.08 Å². The van der Waals surface area contributed by atoms with Crippen LogP contribution < -0.4 is 0 Å². The van der Waals surface area contributed by atoms with Crippen LogP contribution in [-0.4, -0.2) is 8.80 Å². The Morgan fingerprint density at radius 2 is 1.47 bits per heavy atom. The largest absolute Gasteiger partial charge is 0.266 e. The minimum absolute atomic E-state index is 0. The maximum atomic E-state index is 3.63. The van der Waals surface area contributed by atoms with Crippen LogP contribution in [0.4, 0.5) is 0 Å². The second-order valence-corrected chi connectivity index (χ2v) is 7.82. The smallest absolute Gasteiger partial charge is 0.0251 e. The van der Waals surface area contributed by atoms with Gasteiger partial charge in [-0.3, -0.25) is 6.08 Å². The Morgan fingerprint density at radius 1 is 1.07 bits per heavy atom. The molecule has 0 aromatic heterocycles. The molecule has 1 aliphatic carbocycles. The van der Waals surface area contributed by atoms with Crippen LogP contribution >= 0.6 is 24.8 Å². The second kappa shape index (κ2) is 7.48. The Labute approximate surface area is 128 Å². The minimum Gasteiger partial charge on any atom is -0.266 e. The fraction of sp³-hybridized carbons (Fsp3) is 0.636. The molecule has 0 saturated carbocycles. The predicted octanol–water partition coefficient (Wildman–Crippen LogP) is 4.17. The quantitative estimate of drug-likeness (QED) is 0.495. The zero-order valence-electron chi connectivity index (χ0n) is 10.4. The molecule has 15 heavy (non-hydrogen) atoms. The number of hydrogen-bond acceptors (Lipinski definition) is 0. The summed E-state index contributed by atoms with van der Waals surface area (Å²) in [5.74, 6) is 0. The molecule has 1 unspecified atom stereocenters. The summed E-state index contributed by atoms with van der Waals surface area (Å²) in [6.07, 6.45) is 3.63. The Bertz CT molecular complexity index is 272. The summed E-state index contributed by atoms with van der Waals surface area (Å²) in [6.45, 7) is 13.8. The van der Waals surface area contributed by atoms with Crippen molar-refractivity contribution in [3.63, 3.8) is 0 Å². The van der Waals surface area contributed by atoms with Crippen LogP contribution in [0.15, 0.2) is 16.7 Å². The molecular formula is C11H21Cl2SiZr-. The molecule has 0 bridgehead atoms. The van der Waals surface area contributed by atoms with E-state index in [4.69, 9.17) is 0 Å². The van der Waals surface area contributed by atoms with Crippen molar-refractivity contribution in [2.45, 2.75) is 45.8 Å². The molecule has 0 spiro atoms. The van der Waals surface area contributed by atoms with Gasteiger partial charge in [0.15, 0.2) is 0 Å². The summed E-state index contributed by atoms with van der Waals surface area (Å²) in [6, 6.07) is 0. The van der Waals surface area contributed by atoms with Crippen LogP contribution in [0.5, 0.6) is 0 Å². The molecule has 0 radical (unpaired) electrons. The summed E-state index contributed by atoms with van der Waals surface area (Å²) in [5.41, 5.74) is 4.40. The number of allylic oxidation sites excluding steroid dienone is 4. The maximum Gasteiger partial charge on any atom is 0.0251 e. The molecule has 0 saturated heterocycles. The molecule has 88 valence electrons. The fourth-order valence-electron chi connectivity index (χ4n) is 1.83. The van der Waals surface area contributed by atoms with Gasteiger partial charge in [-0.25, -0.2) is 5.57 Å². The van der Waals surface area contributed by atoms with E-state index >= 15 is 0 Å². The number of halogens is 2. The molecule has 0 amide bonds. The van der Waals surface area contributed by atoms with Gasteiger partial charge in [-0.05, 0) is 0 Å². The average Bonchev–Trinajstić information content (AvgIpc) is 2.17. The van der Waals surface area contributed by atoms with Gasteiger partial charge < -0.3 is 0 Å². The van der Waals surface area contributed by atoms with Crippen molar-refractivity contribution in [1.29, 1.82) is 0 Å². The molecule has 1 rings (SSSR count). The van der Waals surface area contributed by atoms with Crippen molar-refractivity contribution in [3.8, 4) is 0 Å². The Balaban J connectivity index is -0.000000480. The van der Waals surface area contributed by atoms with Gasteiger partial charge in [-0.2, -0.15) is 11.1 Å². The van der Waals surface area contributed by atoms with Gasteiger partial charge in [0.25, 0.3) is 0 Å².